The number of carbonyl (C=O) groups excluding carboxylic acids is 2. The van der Waals surface area contributed by atoms with E-state index in [-0.39, 0.29) is 11.8 Å². The smallest absolute Gasteiger partial charge is 0.261 e. The Morgan fingerprint density at radius 2 is 2.12 bits per heavy atom. The van der Waals surface area contributed by atoms with Gasteiger partial charge in [0.1, 0.15) is 0 Å². The molecule has 0 saturated carbocycles. The van der Waals surface area contributed by atoms with E-state index in [4.69, 9.17) is 4.74 Å². The Hall–Kier alpha value is -1.40. The molecule has 0 unspecified atom stereocenters. The molecule has 0 saturated heterocycles. The molecule has 0 aromatic carbocycles. The molecule has 1 heterocycles. The van der Waals surface area contributed by atoms with Crippen molar-refractivity contribution in [3.8, 4) is 0 Å². The standard InChI is InChI=1S/C11H16N2O3S/c1-16-7-4-10(14)12-5-6-13-11(15)9-3-2-8-17-9/h2-3,8H,4-7H2,1H3,(H,12,14)(H,13,15). The number of carbonyl (C=O) groups is 2. The molecule has 1 aromatic rings. The number of hydrogen-bond acceptors (Lipinski definition) is 4. The minimum Gasteiger partial charge on any atom is -0.384 e. The molecule has 2 amide bonds. The van der Waals surface area contributed by atoms with Crippen molar-refractivity contribution in [2.45, 2.75) is 6.42 Å². The SMILES string of the molecule is COCCC(=O)NCCNC(=O)c1cccs1. The highest BCUT2D eigenvalue weighted by molar-refractivity contribution is 7.12. The first-order valence-electron chi connectivity index (χ1n) is 5.31. The van der Waals surface area contributed by atoms with Crippen molar-refractivity contribution in [1.29, 1.82) is 0 Å². The summed E-state index contributed by atoms with van der Waals surface area (Å²) in [5.41, 5.74) is 0. The van der Waals surface area contributed by atoms with E-state index in [0.29, 0.717) is 31.0 Å². The van der Waals surface area contributed by atoms with Gasteiger partial charge in [0.05, 0.1) is 11.5 Å². The van der Waals surface area contributed by atoms with Crippen LogP contribution in [0.15, 0.2) is 17.5 Å². The quantitative estimate of drug-likeness (QED) is 0.703. The lowest BCUT2D eigenvalue weighted by Crippen LogP contribution is -2.34. The molecular formula is C11H16N2O3S. The molecule has 17 heavy (non-hydrogen) atoms. The third kappa shape index (κ3) is 5.46. The van der Waals surface area contributed by atoms with Gasteiger partial charge in [-0.2, -0.15) is 0 Å². The lowest BCUT2D eigenvalue weighted by atomic mass is 10.4. The van der Waals surface area contributed by atoms with Gasteiger partial charge in [-0.25, -0.2) is 0 Å². The van der Waals surface area contributed by atoms with Crippen LogP contribution in [0.5, 0.6) is 0 Å². The topological polar surface area (TPSA) is 67.4 Å². The van der Waals surface area contributed by atoms with Crippen molar-refractivity contribution in [1.82, 2.24) is 10.6 Å². The predicted molar refractivity (Wildman–Crippen MR) is 66.2 cm³/mol. The summed E-state index contributed by atoms with van der Waals surface area (Å²) in [5, 5.41) is 7.26. The van der Waals surface area contributed by atoms with Crippen LogP contribution < -0.4 is 10.6 Å². The Balaban J connectivity index is 2.08. The van der Waals surface area contributed by atoms with E-state index in [1.165, 1.54) is 11.3 Å². The fourth-order valence-corrected chi connectivity index (χ4v) is 1.80. The Bertz CT molecular complexity index is 352. The third-order valence-corrected chi connectivity index (χ3v) is 2.88. The van der Waals surface area contributed by atoms with Gasteiger partial charge in [-0.1, -0.05) is 6.07 Å². The number of thiophene rings is 1. The van der Waals surface area contributed by atoms with E-state index in [2.05, 4.69) is 10.6 Å². The summed E-state index contributed by atoms with van der Waals surface area (Å²) in [6, 6.07) is 3.59. The largest absolute Gasteiger partial charge is 0.384 e. The van der Waals surface area contributed by atoms with Crippen LogP contribution in [0.3, 0.4) is 0 Å². The first-order valence-corrected chi connectivity index (χ1v) is 6.19. The minimum absolute atomic E-state index is 0.0720. The zero-order chi connectivity index (χ0) is 12.5. The maximum absolute atomic E-state index is 11.5. The molecule has 6 heteroatoms. The van der Waals surface area contributed by atoms with Gasteiger partial charge in [0, 0.05) is 26.6 Å². The van der Waals surface area contributed by atoms with Gasteiger partial charge in [0.25, 0.3) is 5.91 Å². The second kappa shape index (κ2) is 7.81. The Morgan fingerprint density at radius 3 is 2.76 bits per heavy atom. The minimum atomic E-state index is -0.105. The first kappa shape index (κ1) is 13.7. The normalized spacial score (nSPS) is 9.94. The van der Waals surface area contributed by atoms with Crippen molar-refractivity contribution in [2.24, 2.45) is 0 Å². The van der Waals surface area contributed by atoms with Crippen molar-refractivity contribution in [3.05, 3.63) is 22.4 Å². The van der Waals surface area contributed by atoms with Gasteiger partial charge < -0.3 is 15.4 Å². The average molecular weight is 256 g/mol. The molecule has 0 aliphatic heterocycles. The number of hydrogen-bond donors (Lipinski definition) is 2. The summed E-state index contributed by atoms with van der Waals surface area (Å²) in [5.74, 6) is -0.177. The van der Waals surface area contributed by atoms with Crippen LogP contribution in [0.2, 0.25) is 0 Å². The van der Waals surface area contributed by atoms with E-state index >= 15 is 0 Å². The predicted octanol–water partition coefficient (Wildman–Crippen LogP) is 0.631. The molecule has 0 bridgehead atoms. The van der Waals surface area contributed by atoms with Gasteiger partial charge in [-0.3, -0.25) is 9.59 Å². The van der Waals surface area contributed by atoms with E-state index < -0.39 is 0 Å². The van der Waals surface area contributed by atoms with Crippen molar-refractivity contribution in [2.75, 3.05) is 26.8 Å². The van der Waals surface area contributed by atoms with Crippen LogP contribution in [0, 0.1) is 0 Å². The summed E-state index contributed by atoms with van der Waals surface area (Å²) < 4.78 is 4.78. The van der Waals surface area contributed by atoms with Crippen LogP contribution in [0.25, 0.3) is 0 Å². The van der Waals surface area contributed by atoms with Crippen LogP contribution in [-0.4, -0.2) is 38.6 Å². The summed E-state index contributed by atoms with van der Waals surface area (Å²) in [6.07, 6.45) is 0.343. The van der Waals surface area contributed by atoms with Crippen molar-refractivity contribution < 1.29 is 14.3 Å². The lowest BCUT2D eigenvalue weighted by Gasteiger charge is -2.05. The number of methoxy groups -OCH3 is 1. The zero-order valence-corrected chi connectivity index (χ0v) is 10.5. The van der Waals surface area contributed by atoms with Crippen molar-refractivity contribution >= 4 is 23.2 Å². The maximum Gasteiger partial charge on any atom is 0.261 e. The van der Waals surface area contributed by atoms with Gasteiger partial charge in [-0.05, 0) is 11.4 Å². The Kier molecular flexibility index (Phi) is 6.27. The molecule has 0 spiro atoms. The molecule has 94 valence electrons. The summed E-state index contributed by atoms with van der Waals surface area (Å²) in [6.45, 7) is 1.27. The lowest BCUT2D eigenvalue weighted by molar-refractivity contribution is -0.121. The van der Waals surface area contributed by atoms with E-state index in [9.17, 15) is 9.59 Å². The van der Waals surface area contributed by atoms with E-state index in [0.717, 1.165) is 0 Å². The zero-order valence-electron chi connectivity index (χ0n) is 9.69. The fourth-order valence-electron chi connectivity index (χ4n) is 1.16. The van der Waals surface area contributed by atoms with Crippen molar-refractivity contribution in [3.63, 3.8) is 0 Å². The van der Waals surface area contributed by atoms with E-state index in [1.54, 1.807) is 13.2 Å². The molecule has 5 nitrogen and oxygen atoms in total. The number of nitrogens with one attached hydrogen (secondary N) is 2. The van der Waals surface area contributed by atoms with Gasteiger partial charge >= 0.3 is 0 Å². The highest BCUT2D eigenvalue weighted by Gasteiger charge is 2.05. The van der Waals surface area contributed by atoms with Crippen LogP contribution in [0.1, 0.15) is 16.1 Å². The van der Waals surface area contributed by atoms with E-state index in [1.807, 2.05) is 11.4 Å². The molecule has 0 aliphatic rings. The highest BCUT2D eigenvalue weighted by Crippen LogP contribution is 2.07. The fraction of sp³-hybridized carbons (Fsp3) is 0.455. The molecule has 0 radical (unpaired) electrons. The molecule has 0 atom stereocenters. The molecule has 2 N–H and O–H groups in total. The monoisotopic (exact) mass is 256 g/mol. The number of ether oxygens (including phenoxy) is 1. The number of amides is 2. The average Bonchev–Trinajstić information content (AvgIpc) is 2.85. The molecule has 1 rings (SSSR count). The summed E-state index contributed by atoms with van der Waals surface area (Å²) >= 11 is 1.39. The summed E-state index contributed by atoms with van der Waals surface area (Å²) in [7, 11) is 1.55. The second-order valence-corrected chi connectivity index (χ2v) is 4.27. The Labute approximate surface area is 104 Å². The summed E-state index contributed by atoms with van der Waals surface area (Å²) in [4.78, 5) is 23.3. The Morgan fingerprint density at radius 1 is 1.35 bits per heavy atom. The van der Waals surface area contributed by atoms with Crippen LogP contribution in [-0.2, 0) is 9.53 Å². The third-order valence-electron chi connectivity index (χ3n) is 2.01. The van der Waals surface area contributed by atoms with Crippen LogP contribution in [0.4, 0.5) is 0 Å². The second-order valence-electron chi connectivity index (χ2n) is 3.33. The molecular weight excluding hydrogens is 240 g/mol. The maximum atomic E-state index is 11.5. The van der Waals surface area contributed by atoms with Gasteiger partial charge in [-0.15, -0.1) is 11.3 Å². The molecule has 0 fully saturated rings. The van der Waals surface area contributed by atoms with Gasteiger partial charge in [0.2, 0.25) is 5.91 Å². The van der Waals surface area contributed by atoms with Crippen LogP contribution >= 0.6 is 11.3 Å². The number of rotatable bonds is 7. The first-order chi connectivity index (χ1) is 8.24. The highest BCUT2D eigenvalue weighted by atomic mass is 32.1. The van der Waals surface area contributed by atoms with Gasteiger partial charge in [0.15, 0.2) is 0 Å². The molecule has 0 aliphatic carbocycles. The molecule has 1 aromatic heterocycles.